The van der Waals surface area contributed by atoms with E-state index in [0.29, 0.717) is 6.42 Å². The summed E-state index contributed by atoms with van der Waals surface area (Å²) in [4.78, 5) is 17.1. The average molecular weight is 340 g/mol. The third kappa shape index (κ3) is 3.03. The Labute approximate surface area is 132 Å². The zero-order valence-corrected chi connectivity index (χ0v) is 13.2. The molecule has 0 fully saturated rings. The summed E-state index contributed by atoms with van der Waals surface area (Å²) in [5.41, 5.74) is 3.49. The molecule has 0 aliphatic rings. The van der Waals surface area contributed by atoms with Crippen molar-refractivity contribution in [3.63, 3.8) is 0 Å². The zero-order chi connectivity index (χ0) is 14.8. The SMILES string of the molecule is Cc1cc(C(=O)Cc2cccc(Br)c2)c2ccccc2n1. The summed E-state index contributed by atoms with van der Waals surface area (Å²) in [6.07, 6.45) is 0.396. The van der Waals surface area contributed by atoms with Crippen molar-refractivity contribution in [2.24, 2.45) is 0 Å². The third-order valence-electron chi connectivity index (χ3n) is 3.40. The van der Waals surface area contributed by atoms with Crippen molar-refractivity contribution >= 4 is 32.6 Å². The van der Waals surface area contributed by atoms with Gasteiger partial charge in [0.05, 0.1) is 5.52 Å². The number of hydrogen-bond acceptors (Lipinski definition) is 2. The largest absolute Gasteiger partial charge is 0.294 e. The van der Waals surface area contributed by atoms with Crippen LogP contribution in [0.5, 0.6) is 0 Å². The molecule has 0 aliphatic heterocycles. The smallest absolute Gasteiger partial charge is 0.167 e. The highest BCUT2D eigenvalue weighted by molar-refractivity contribution is 9.10. The molecule has 0 bridgehead atoms. The quantitative estimate of drug-likeness (QED) is 0.645. The Morgan fingerprint density at radius 2 is 1.90 bits per heavy atom. The molecule has 0 unspecified atom stereocenters. The van der Waals surface area contributed by atoms with E-state index in [0.717, 1.165) is 32.2 Å². The highest BCUT2D eigenvalue weighted by Crippen LogP contribution is 2.21. The molecule has 3 rings (SSSR count). The summed E-state index contributed by atoms with van der Waals surface area (Å²) in [5, 5.41) is 0.920. The summed E-state index contributed by atoms with van der Waals surface area (Å²) in [6.45, 7) is 1.92. The fraction of sp³-hybridized carbons (Fsp3) is 0.111. The molecule has 0 radical (unpaired) electrons. The Balaban J connectivity index is 2.02. The monoisotopic (exact) mass is 339 g/mol. The fourth-order valence-corrected chi connectivity index (χ4v) is 2.91. The molecule has 0 aliphatic carbocycles. The molecule has 2 nitrogen and oxygen atoms in total. The molecule has 0 spiro atoms. The highest BCUT2D eigenvalue weighted by Gasteiger charge is 2.12. The van der Waals surface area contributed by atoms with E-state index < -0.39 is 0 Å². The van der Waals surface area contributed by atoms with Crippen LogP contribution in [0.2, 0.25) is 0 Å². The van der Waals surface area contributed by atoms with E-state index in [9.17, 15) is 4.79 Å². The van der Waals surface area contributed by atoms with Crippen LogP contribution in [0.25, 0.3) is 10.9 Å². The van der Waals surface area contributed by atoms with Gasteiger partial charge in [-0.25, -0.2) is 0 Å². The maximum Gasteiger partial charge on any atom is 0.167 e. The Bertz CT molecular complexity index is 826. The van der Waals surface area contributed by atoms with Gasteiger partial charge in [-0.05, 0) is 36.8 Å². The second kappa shape index (κ2) is 5.78. The molecule has 0 amide bonds. The van der Waals surface area contributed by atoms with E-state index in [-0.39, 0.29) is 5.78 Å². The molecule has 3 aromatic rings. The number of rotatable bonds is 3. The first-order chi connectivity index (χ1) is 10.1. The number of fused-ring (bicyclic) bond motifs is 1. The van der Waals surface area contributed by atoms with Crippen LogP contribution in [0, 0.1) is 6.92 Å². The molecule has 21 heavy (non-hydrogen) atoms. The van der Waals surface area contributed by atoms with Crippen LogP contribution in [0.1, 0.15) is 21.6 Å². The number of carbonyl (C=O) groups is 1. The summed E-state index contributed by atoms with van der Waals surface area (Å²) >= 11 is 3.44. The number of para-hydroxylation sites is 1. The minimum absolute atomic E-state index is 0.120. The average Bonchev–Trinajstić information content (AvgIpc) is 2.46. The van der Waals surface area contributed by atoms with Gasteiger partial charge >= 0.3 is 0 Å². The maximum absolute atomic E-state index is 12.6. The van der Waals surface area contributed by atoms with Crippen molar-refractivity contribution in [1.29, 1.82) is 0 Å². The lowest BCUT2D eigenvalue weighted by Crippen LogP contribution is -2.05. The van der Waals surface area contributed by atoms with Crippen molar-refractivity contribution in [2.45, 2.75) is 13.3 Å². The molecule has 0 saturated heterocycles. The number of aromatic nitrogens is 1. The van der Waals surface area contributed by atoms with Crippen LogP contribution in [-0.2, 0) is 6.42 Å². The predicted octanol–water partition coefficient (Wildman–Crippen LogP) is 4.73. The van der Waals surface area contributed by atoms with E-state index in [1.54, 1.807) is 0 Å². The van der Waals surface area contributed by atoms with Gasteiger partial charge in [0, 0.05) is 27.5 Å². The van der Waals surface area contributed by atoms with Gasteiger partial charge in [-0.1, -0.05) is 46.3 Å². The summed E-state index contributed by atoms with van der Waals surface area (Å²) in [6, 6.07) is 17.5. The van der Waals surface area contributed by atoms with Gasteiger partial charge in [0.25, 0.3) is 0 Å². The van der Waals surface area contributed by atoms with Crippen LogP contribution in [0.15, 0.2) is 59.1 Å². The van der Waals surface area contributed by atoms with Crippen LogP contribution in [-0.4, -0.2) is 10.8 Å². The standard InChI is InChI=1S/C18H14BrNO/c1-12-9-16(15-7-2-3-8-17(15)20-12)18(21)11-13-5-4-6-14(19)10-13/h2-10H,11H2,1H3. The first kappa shape index (κ1) is 14.0. The van der Waals surface area contributed by atoms with Crippen molar-refractivity contribution in [1.82, 2.24) is 4.98 Å². The number of hydrogen-bond donors (Lipinski definition) is 0. The third-order valence-corrected chi connectivity index (χ3v) is 3.89. The zero-order valence-electron chi connectivity index (χ0n) is 11.6. The molecule has 1 heterocycles. The van der Waals surface area contributed by atoms with Gasteiger partial charge in [-0.3, -0.25) is 9.78 Å². The molecule has 0 atom stereocenters. The maximum atomic E-state index is 12.6. The normalized spacial score (nSPS) is 10.8. The van der Waals surface area contributed by atoms with Crippen LogP contribution >= 0.6 is 15.9 Å². The number of nitrogens with zero attached hydrogens (tertiary/aromatic N) is 1. The molecule has 1 aromatic heterocycles. The van der Waals surface area contributed by atoms with Crippen molar-refractivity contribution < 1.29 is 4.79 Å². The van der Waals surface area contributed by atoms with Gasteiger partial charge in [0.2, 0.25) is 0 Å². The minimum atomic E-state index is 0.120. The minimum Gasteiger partial charge on any atom is -0.294 e. The van der Waals surface area contributed by atoms with Crippen LogP contribution in [0.4, 0.5) is 0 Å². The van der Waals surface area contributed by atoms with Gasteiger partial charge < -0.3 is 0 Å². The Morgan fingerprint density at radius 3 is 2.71 bits per heavy atom. The highest BCUT2D eigenvalue weighted by atomic mass is 79.9. The topological polar surface area (TPSA) is 30.0 Å². The van der Waals surface area contributed by atoms with E-state index in [4.69, 9.17) is 0 Å². The summed E-state index contributed by atoms with van der Waals surface area (Å²) in [7, 11) is 0. The van der Waals surface area contributed by atoms with E-state index in [1.807, 2.05) is 61.5 Å². The molecule has 3 heteroatoms. The lowest BCUT2D eigenvalue weighted by Gasteiger charge is -2.07. The van der Waals surface area contributed by atoms with Crippen molar-refractivity contribution in [3.8, 4) is 0 Å². The van der Waals surface area contributed by atoms with E-state index in [1.165, 1.54) is 0 Å². The lowest BCUT2D eigenvalue weighted by molar-refractivity contribution is 0.0994. The Hall–Kier alpha value is -2.00. The van der Waals surface area contributed by atoms with Crippen molar-refractivity contribution in [3.05, 3.63) is 75.9 Å². The molecular formula is C18H14BrNO. The summed E-state index contributed by atoms with van der Waals surface area (Å²) < 4.78 is 0.989. The van der Waals surface area contributed by atoms with Gasteiger partial charge in [0.15, 0.2) is 5.78 Å². The molecular weight excluding hydrogens is 326 g/mol. The van der Waals surface area contributed by atoms with Gasteiger partial charge in [-0.2, -0.15) is 0 Å². The second-order valence-corrected chi connectivity index (χ2v) is 5.97. The second-order valence-electron chi connectivity index (χ2n) is 5.06. The number of aryl methyl sites for hydroxylation is 1. The number of pyridine rings is 1. The van der Waals surface area contributed by atoms with Gasteiger partial charge in [0.1, 0.15) is 0 Å². The van der Waals surface area contributed by atoms with Gasteiger partial charge in [-0.15, -0.1) is 0 Å². The number of carbonyl (C=O) groups excluding carboxylic acids is 1. The Kier molecular flexibility index (Phi) is 3.84. The number of Topliss-reactive ketones (excluding diaryl/α,β-unsaturated/α-hetero) is 1. The number of ketones is 1. The Morgan fingerprint density at radius 1 is 1.10 bits per heavy atom. The first-order valence-electron chi connectivity index (χ1n) is 6.77. The van der Waals surface area contributed by atoms with E-state index in [2.05, 4.69) is 20.9 Å². The molecule has 104 valence electrons. The van der Waals surface area contributed by atoms with Crippen LogP contribution in [0.3, 0.4) is 0 Å². The first-order valence-corrected chi connectivity index (χ1v) is 7.57. The van der Waals surface area contributed by atoms with Crippen LogP contribution < -0.4 is 0 Å². The van der Waals surface area contributed by atoms with Crippen molar-refractivity contribution in [2.75, 3.05) is 0 Å². The molecule has 0 saturated carbocycles. The predicted molar refractivity (Wildman–Crippen MR) is 88.7 cm³/mol. The number of halogens is 1. The molecule has 0 N–H and O–H groups in total. The van der Waals surface area contributed by atoms with E-state index >= 15 is 0 Å². The number of benzene rings is 2. The summed E-state index contributed by atoms with van der Waals surface area (Å²) in [5.74, 6) is 0.120. The molecule has 2 aromatic carbocycles. The fourth-order valence-electron chi connectivity index (χ4n) is 2.47. The lowest BCUT2D eigenvalue weighted by atomic mass is 9.99.